The van der Waals surface area contributed by atoms with Gasteiger partial charge in [0.25, 0.3) is 5.91 Å². The van der Waals surface area contributed by atoms with Crippen LogP contribution in [-0.2, 0) is 26.0 Å². The van der Waals surface area contributed by atoms with Crippen molar-refractivity contribution in [3.63, 3.8) is 0 Å². The van der Waals surface area contributed by atoms with Crippen molar-refractivity contribution < 1.29 is 18.0 Å². The summed E-state index contributed by atoms with van der Waals surface area (Å²) in [6.45, 7) is 0.248. The zero-order chi connectivity index (χ0) is 22.2. The van der Waals surface area contributed by atoms with Crippen LogP contribution in [0.25, 0.3) is 0 Å². The number of nitrogens with zero attached hydrogens (tertiary/aromatic N) is 4. The van der Waals surface area contributed by atoms with Crippen LogP contribution >= 0.6 is 23.2 Å². The van der Waals surface area contributed by atoms with Crippen LogP contribution < -0.4 is 5.32 Å². The van der Waals surface area contributed by atoms with Gasteiger partial charge < -0.3 is 5.32 Å². The molecule has 1 unspecified atom stereocenters. The largest absolute Gasteiger partial charge is 0.306 e. The highest BCUT2D eigenvalue weighted by atomic mass is 35.5. The molecule has 0 aliphatic carbocycles. The summed E-state index contributed by atoms with van der Waals surface area (Å²) in [5.74, 6) is -0.469. The topological polar surface area (TPSA) is 114 Å². The summed E-state index contributed by atoms with van der Waals surface area (Å²) in [5.41, 5.74) is 0.826. The summed E-state index contributed by atoms with van der Waals surface area (Å²) in [7, 11) is -3.19. The maximum absolute atomic E-state index is 12.8. The molecular formula is C19H19Cl2N5O4S. The second-order valence-corrected chi connectivity index (χ2v) is 10.4. The van der Waals surface area contributed by atoms with Gasteiger partial charge in [-0.3, -0.25) is 9.59 Å². The van der Waals surface area contributed by atoms with Gasteiger partial charge in [0.15, 0.2) is 9.84 Å². The number of amides is 2. The lowest BCUT2D eigenvalue weighted by Crippen LogP contribution is -2.42. The van der Waals surface area contributed by atoms with E-state index in [4.69, 9.17) is 23.2 Å². The Morgan fingerprint density at radius 1 is 1.19 bits per heavy atom. The number of anilines is 1. The third-order valence-electron chi connectivity index (χ3n) is 5.20. The summed E-state index contributed by atoms with van der Waals surface area (Å²) in [5, 5.41) is 13.3. The molecule has 2 aliphatic heterocycles. The molecule has 2 amide bonds. The number of aromatic nitrogens is 2. The molecule has 31 heavy (non-hydrogen) atoms. The maximum atomic E-state index is 12.8. The first-order valence-electron chi connectivity index (χ1n) is 9.59. The molecule has 12 heteroatoms. The van der Waals surface area contributed by atoms with Crippen LogP contribution in [0.5, 0.6) is 0 Å². The van der Waals surface area contributed by atoms with Crippen LogP contribution in [0.3, 0.4) is 0 Å². The van der Waals surface area contributed by atoms with E-state index in [9.17, 15) is 18.0 Å². The number of carbonyl (C=O) groups is 2. The van der Waals surface area contributed by atoms with Crippen LogP contribution in [-0.4, -0.2) is 58.3 Å². The molecule has 1 aromatic carbocycles. The second-order valence-electron chi connectivity index (χ2n) is 7.37. The summed E-state index contributed by atoms with van der Waals surface area (Å²) in [6, 6.07) is 6.27. The van der Waals surface area contributed by atoms with Crippen molar-refractivity contribution in [2.45, 2.75) is 31.8 Å². The second kappa shape index (κ2) is 8.60. The minimum atomic E-state index is -3.19. The van der Waals surface area contributed by atoms with E-state index < -0.39 is 21.8 Å². The maximum Gasteiger partial charge on any atom is 0.273 e. The molecule has 164 valence electrons. The zero-order valence-electron chi connectivity index (χ0n) is 16.3. The van der Waals surface area contributed by atoms with Gasteiger partial charge >= 0.3 is 0 Å². The molecule has 2 aromatic rings. The Morgan fingerprint density at radius 2 is 1.94 bits per heavy atom. The first kappa shape index (κ1) is 21.8. The van der Waals surface area contributed by atoms with E-state index in [-0.39, 0.29) is 42.5 Å². The van der Waals surface area contributed by atoms with Gasteiger partial charge in [-0.2, -0.15) is 10.2 Å². The molecule has 4 rings (SSSR count). The highest BCUT2D eigenvalue weighted by Gasteiger charge is 2.37. The number of rotatable bonds is 5. The van der Waals surface area contributed by atoms with Gasteiger partial charge in [0.2, 0.25) is 5.91 Å². The van der Waals surface area contributed by atoms with Gasteiger partial charge in [-0.05, 0) is 18.6 Å². The molecule has 1 saturated heterocycles. The van der Waals surface area contributed by atoms with Gasteiger partial charge in [0.05, 0.1) is 30.3 Å². The average molecular weight is 484 g/mol. The normalized spacial score (nSPS) is 20.6. The molecule has 3 heterocycles. The Morgan fingerprint density at radius 3 is 2.61 bits per heavy atom. The number of carbonyl (C=O) groups excluding carboxylic acids is 2. The van der Waals surface area contributed by atoms with E-state index >= 15 is 0 Å². The number of hydrogen-bond donors (Lipinski definition) is 1. The van der Waals surface area contributed by atoms with E-state index in [0.717, 1.165) is 5.01 Å². The first-order chi connectivity index (χ1) is 14.7. The summed E-state index contributed by atoms with van der Waals surface area (Å²) in [6.07, 6.45) is 2.11. The van der Waals surface area contributed by atoms with Crippen molar-refractivity contribution in [2.75, 3.05) is 16.8 Å². The van der Waals surface area contributed by atoms with Crippen LogP contribution in [0.2, 0.25) is 10.0 Å². The predicted octanol–water partition coefficient (Wildman–Crippen LogP) is 2.34. The Balaban J connectivity index is 1.51. The highest BCUT2D eigenvalue weighted by molar-refractivity contribution is 7.91. The van der Waals surface area contributed by atoms with Gasteiger partial charge in [0, 0.05) is 34.5 Å². The highest BCUT2D eigenvalue weighted by Crippen LogP contribution is 2.26. The molecule has 0 spiro atoms. The lowest BCUT2D eigenvalue weighted by Gasteiger charge is -2.27. The minimum absolute atomic E-state index is 0.0162. The predicted molar refractivity (Wildman–Crippen MR) is 117 cm³/mol. The molecule has 2 aliphatic rings. The fourth-order valence-electron chi connectivity index (χ4n) is 3.57. The van der Waals surface area contributed by atoms with Crippen LogP contribution in [0.15, 0.2) is 35.6 Å². The smallest absolute Gasteiger partial charge is 0.273 e. The van der Waals surface area contributed by atoms with Crippen molar-refractivity contribution in [1.29, 1.82) is 0 Å². The van der Waals surface area contributed by atoms with E-state index in [0.29, 0.717) is 27.8 Å². The van der Waals surface area contributed by atoms with Crippen molar-refractivity contribution in [3.8, 4) is 0 Å². The number of sulfone groups is 1. The van der Waals surface area contributed by atoms with Crippen molar-refractivity contribution in [1.82, 2.24) is 14.8 Å². The third-order valence-corrected chi connectivity index (χ3v) is 7.66. The van der Waals surface area contributed by atoms with Crippen molar-refractivity contribution in [3.05, 3.63) is 46.1 Å². The van der Waals surface area contributed by atoms with Crippen LogP contribution in [0.4, 0.5) is 5.82 Å². The summed E-state index contributed by atoms with van der Waals surface area (Å²) < 4.78 is 25.1. The number of nitrogens with one attached hydrogen (secondary N) is 1. The quantitative estimate of drug-likeness (QED) is 0.700. The average Bonchev–Trinajstić information content (AvgIpc) is 3.30. The molecule has 1 fully saturated rings. The Hall–Kier alpha value is -2.43. The number of hydrazone groups is 1. The van der Waals surface area contributed by atoms with Gasteiger partial charge in [0.1, 0.15) is 11.5 Å². The fourth-order valence-corrected chi connectivity index (χ4v) is 5.78. The van der Waals surface area contributed by atoms with Gasteiger partial charge in [-0.15, -0.1) is 0 Å². The lowest BCUT2D eigenvalue weighted by atomic mass is 10.1. The standard InChI is InChI=1S/C19H19Cl2N5O4S/c20-14-2-1-3-15(21)13(14)10-25-17(6-8-22-25)23-19(28)16-4-5-18(27)26(24-16)12-7-9-31(29,30)11-12/h1-3,6,8,12H,4-5,7,9-11H2,(H,23,28). The summed E-state index contributed by atoms with van der Waals surface area (Å²) >= 11 is 12.5. The molecule has 1 atom stereocenters. The van der Waals surface area contributed by atoms with E-state index in [1.807, 2.05) is 0 Å². The van der Waals surface area contributed by atoms with E-state index in [1.54, 1.807) is 28.9 Å². The lowest BCUT2D eigenvalue weighted by molar-refractivity contribution is -0.133. The fraction of sp³-hybridized carbons (Fsp3) is 0.368. The van der Waals surface area contributed by atoms with Crippen LogP contribution in [0, 0.1) is 0 Å². The van der Waals surface area contributed by atoms with E-state index in [2.05, 4.69) is 15.5 Å². The van der Waals surface area contributed by atoms with Crippen molar-refractivity contribution >= 4 is 56.4 Å². The molecule has 1 N–H and O–H groups in total. The molecule has 1 aromatic heterocycles. The minimum Gasteiger partial charge on any atom is -0.306 e. The SMILES string of the molecule is O=C(Nc1ccnn1Cc1c(Cl)cccc1Cl)C1=NN(C2CCS(=O)(=O)C2)C(=O)CC1. The van der Waals surface area contributed by atoms with Crippen LogP contribution in [0.1, 0.15) is 24.8 Å². The van der Waals surface area contributed by atoms with Gasteiger partial charge in [-0.25, -0.2) is 18.1 Å². The molecule has 0 radical (unpaired) electrons. The molecular weight excluding hydrogens is 465 g/mol. The Kier molecular flexibility index (Phi) is 6.05. The molecule has 0 bridgehead atoms. The van der Waals surface area contributed by atoms with E-state index in [1.165, 1.54) is 6.20 Å². The monoisotopic (exact) mass is 483 g/mol. The summed E-state index contributed by atoms with van der Waals surface area (Å²) in [4.78, 5) is 25.1. The molecule has 9 nitrogen and oxygen atoms in total. The third kappa shape index (κ3) is 4.76. The Labute approximate surface area is 188 Å². The first-order valence-corrected chi connectivity index (χ1v) is 12.2. The Bertz CT molecular complexity index is 1160. The number of hydrogen-bond acceptors (Lipinski definition) is 6. The molecule has 0 saturated carbocycles. The number of benzene rings is 1. The van der Waals surface area contributed by atoms with Crippen molar-refractivity contribution in [2.24, 2.45) is 5.10 Å². The zero-order valence-corrected chi connectivity index (χ0v) is 18.6. The number of halogens is 2. The van der Waals surface area contributed by atoms with Gasteiger partial charge in [-0.1, -0.05) is 29.3 Å².